The normalized spacial score (nSPS) is 24.6. The van der Waals surface area contributed by atoms with Crippen molar-refractivity contribution < 1.29 is 9.53 Å². The van der Waals surface area contributed by atoms with E-state index in [1.165, 1.54) is 4.88 Å². The fraction of sp³-hybridized carbons (Fsp3) is 0.636. The monoisotopic (exact) mass is 238 g/mol. The molecule has 1 aliphatic heterocycles. The van der Waals surface area contributed by atoms with Gasteiger partial charge in [-0.3, -0.25) is 4.79 Å². The van der Waals surface area contributed by atoms with Crippen LogP contribution in [0.4, 0.5) is 5.13 Å². The second-order valence-electron chi connectivity index (χ2n) is 4.39. The van der Waals surface area contributed by atoms with Crippen molar-refractivity contribution in [3.05, 3.63) is 11.1 Å². The van der Waals surface area contributed by atoms with Crippen LogP contribution in [-0.4, -0.2) is 24.1 Å². The fourth-order valence-electron chi connectivity index (χ4n) is 1.85. The first-order valence-corrected chi connectivity index (χ1v) is 6.49. The standard InChI is InChI=1S/C11H14N2O2S/c14-10(7-1-2-7)13-11-12-5-9(16-11)8-3-4-15-6-8/h5,7-8H,1-4,6H2,(H,12,13,14). The van der Waals surface area contributed by atoms with Crippen LogP contribution < -0.4 is 5.32 Å². The van der Waals surface area contributed by atoms with Gasteiger partial charge in [0, 0.05) is 29.5 Å². The van der Waals surface area contributed by atoms with Crippen molar-refractivity contribution in [2.24, 2.45) is 5.92 Å². The molecule has 2 aliphatic rings. The van der Waals surface area contributed by atoms with Crippen molar-refractivity contribution in [3.8, 4) is 0 Å². The molecular formula is C11H14N2O2S. The number of nitrogens with zero attached hydrogens (tertiary/aromatic N) is 1. The molecule has 1 atom stereocenters. The summed E-state index contributed by atoms with van der Waals surface area (Å²) in [6, 6.07) is 0. The van der Waals surface area contributed by atoms with Crippen LogP contribution in [0.25, 0.3) is 0 Å². The topological polar surface area (TPSA) is 51.2 Å². The highest BCUT2D eigenvalue weighted by Crippen LogP contribution is 2.33. The Labute approximate surface area is 98.0 Å². The van der Waals surface area contributed by atoms with Crippen LogP contribution in [0, 0.1) is 5.92 Å². The Kier molecular flexibility index (Phi) is 2.65. The Morgan fingerprint density at radius 2 is 2.38 bits per heavy atom. The summed E-state index contributed by atoms with van der Waals surface area (Å²) >= 11 is 1.58. The molecule has 0 radical (unpaired) electrons. The van der Waals surface area contributed by atoms with Gasteiger partial charge in [0.25, 0.3) is 0 Å². The van der Waals surface area contributed by atoms with Crippen LogP contribution in [0.2, 0.25) is 0 Å². The molecule has 1 aliphatic carbocycles. The van der Waals surface area contributed by atoms with Gasteiger partial charge >= 0.3 is 0 Å². The molecule has 1 saturated carbocycles. The largest absolute Gasteiger partial charge is 0.381 e. The third-order valence-electron chi connectivity index (χ3n) is 3.03. The molecule has 2 fully saturated rings. The van der Waals surface area contributed by atoms with Crippen molar-refractivity contribution in [1.82, 2.24) is 4.98 Å². The summed E-state index contributed by atoms with van der Waals surface area (Å²) in [5, 5.41) is 3.61. The van der Waals surface area contributed by atoms with E-state index in [-0.39, 0.29) is 11.8 Å². The average Bonchev–Trinajstić information content (AvgIpc) is 2.80. The average molecular weight is 238 g/mol. The minimum Gasteiger partial charge on any atom is -0.381 e. The van der Waals surface area contributed by atoms with Crippen LogP contribution in [-0.2, 0) is 9.53 Å². The maximum absolute atomic E-state index is 11.5. The Morgan fingerprint density at radius 1 is 1.50 bits per heavy atom. The number of nitrogens with one attached hydrogen (secondary N) is 1. The van der Waals surface area contributed by atoms with Crippen molar-refractivity contribution in [2.75, 3.05) is 18.5 Å². The Morgan fingerprint density at radius 3 is 3.06 bits per heavy atom. The number of hydrogen-bond donors (Lipinski definition) is 1. The van der Waals surface area contributed by atoms with E-state index in [9.17, 15) is 4.79 Å². The number of ether oxygens (including phenoxy) is 1. The highest BCUT2D eigenvalue weighted by molar-refractivity contribution is 7.15. The zero-order valence-electron chi connectivity index (χ0n) is 8.94. The number of amides is 1. The minimum atomic E-state index is 0.128. The zero-order valence-corrected chi connectivity index (χ0v) is 9.76. The minimum absolute atomic E-state index is 0.128. The van der Waals surface area contributed by atoms with Crippen molar-refractivity contribution in [3.63, 3.8) is 0 Å². The lowest BCUT2D eigenvalue weighted by Crippen LogP contribution is -2.12. The Hall–Kier alpha value is -0.940. The van der Waals surface area contributed by atoms with E-state index in [1.807, 2.05) is 6.20 Å². The summed E-state index contributed by atoms with van der Waals surface area (Å²) in [6.07, 6.45) is 4.99. The van der Waals surface area contributed by atoms with Crippen molar-refractivity contribution in [2.45, 2.75) is 25.2 Å². The van der Waals surface area contributed by atoms with E-state index >= 15 is 0 Å². The van der Waals surface area contributed by atoms with Gasteiger partial charge in [-0.1, -0.05) is 0 Å². The molecule has 5 heteroatoms. The van der Waals surface area contributed by atoms with E-state index in [0.717, 1.165) is 37.6 Å². The smallest absolute Gasteiger partial charge is 0.229 e. The van der Waals surface area contributed by atoms with Crippen molar-refractivity contribution in [1.29, 1.82) is 0 Å². The van der Waals surface area contributed by atoms with Crippen LogP contribution >= 0.6 is 11.3 Å². The zero-order chi connectivity index (χ0) is 11.0. The lowest BCUT2D eigenvalue weighted by Gasteiger charge is -2.01. The van der Waals surface area contributed by atoms with Gasteiger partial charge in [0.15, 0.2) is 5.13 Å². The second-order valence-corrected chi connectivity index (χ2v) is 5.45. The molecule has 1 aromatic rings. The third-order valence-corrected chi connectivity index (χ3v) is 4.11. The Balaban J connectivity index is 1.64. The second kappa shape index (κ2) is 4.14. The van der Waals surface area contributed by atoms with E-state index < -0.39 is 0 Å². The predicted octanol–water partition coefficient (Wildman–Crippen LogP) is 2.00. The molecule has 2 heterocycles. The van der Waals surface area contributed by atoms with E-state index in [1.54, 1.807) is 11.3 Å². The molecule has 0 aromatic carbocycles. The van der Waals surface area contributed by atoms with E-state index in [4.69, 9.17) is 4.74 Å². The van der Waals surface area contributed by atoms with Gasteiger partial charge in [-0.15, -0.1) is 11.3 Å². The van der Waals surface area contributed by atoms with Gasteiger partial charge < -0.3 is 10.1 Å². The van der Waals surface area contributed by atoms with Gasteiger partial charge in [-0.05, 0) is 19.3 Å². The number of thiazole rings is 1. The summed E-state index contributed by atoms with van der Waals surface area (Å²) in [4.78, 5) is 17.0. The summed E-state index contributed by atoms with van der Waals surface area (Å²) in [5.41, 5.74) is 0. The highest BCUT2D eigenvalue weighted by atomic mass is 32.1. The molecule has 1 aromatic heterocycles. The molecule has 1 saturated heterocycles. The number of anilines is 1. The molecule has 1 N–H and O–H groups in total. The molecule has 3 rings (SSSR count). The van der Waals surface area contributed by atoms with Gasteiger partial charge in [-0.2, -0.15) is 0 Å². The fourth-order valence-corrected chi connectivity index (χ4v) is 2.78. The summed E-state index contributed by atoms with van der Waals surface area (Å²) in [6.45, 7) is 1.63. The van der Waals surface area contributed by atoms with Crippen LogP contribution in [0.3, 0.4) is 0 Å². The van der Waals surface area contributed by atoms with Crippen LogP contribution in [0.5, 0.6) is 0 Å². The maximum atomic E-state index is 11.5. The lowest BCUT2D eigenvalue weighted by molar-refractivity contribution is -0.117. The van der Waals surface area contributed by atoms with Gasteiger partial charge in [-0.25, -0.2) is 4.98 Å². The summed E-state index contributed by atoms with van der Waals surface area (Å²) in [7, 11) is 0. The van der Waals surface area contributed by atoms with Gasteiger partial charge in [0.1, 0.15) is 0 Å². The van der Waals surface area contributed by atoms with Crippen LogP contribution in [0.15, 0.2) is 6.20 Å². The van der Waals surface area contributed by atoms with Gasteiger partial charge in [0.05, 0.1) is 6.61 Å². The highest BCUT2D eigenvalue weighted by Gasteiger charge is 2.30. The quantitative estimate of drug-likeness (QED) is 0.876. The van der Waals surface area contributed by atoms with Crippen LogP contribution in [0.1, 0.15) is 30.1 Å². The molecule has 1 unspecified atom stereocenters. The number of carbonyl (C=O) groups is 1. The third kappa shape index (κ3) is 2.10. The molecule has 86 valence electrons. The number of hydrogen-bond acceptors (Lipinski definition) is 4. The first kappa shape index (κ1) is 10.2. The van der Waals surface area contributed by atoms with Crippen molar-refractivity contribution >= 4 is 22.4 Å². The first-order chi connectivity index (χ1) is 7.83. The predicted molar refractivity (Wildman–Crippen MR) is 61.6 cm³/mol. The molecule has 16 heavy (non-hydrogen) atoms. The lowest BCUT2D eigenvalue weighted by atomic mass is 10.1. The maximum Gasteiger partial charge on any atom is 0.229 e. The Bertz CT molecular complexity index is 394. The summed E-state index contributed by atoms with van der Waals surface area (Å²) < 4.78 is 5.34. The number of rotatable bonds is 3. The van der Waals surface area contributed by atoms with E-state index in [0.29, 0.717) is 5.92 Å². The molecule has 4 nitrogen and oxygen atoms in total. The number of carbonyl (C=O) groups excluding carboxylic acids is 1. The molecule has 0 bridgehead atoms. The molecule has 0 spiro atoms. The molecular weight excluding hydrogens is 224 g/mol. The summed E-state index contributed by atoms with van der Waals surface area (Å²) in [5.74, 6) is 0.842. The SMILES string of the molecule is O=C(Nc1ncc(C2CCOC2)s1)C1CC1. The number of aromatic nitrogens is 1. The van der Waals surface area contributed by atoms with Gasteiger partial charge in [0.2, 0.25) is 5.91 Å². The van der Waals surface area contributed by atoms with E-state index in [2.05, 4.69) is 10.3 Å². The molecule has 1 amide bonds. The first-order valence-electron chi connectivity index (χ1n) is 5.67.